The van der Waals surface area contributed by atoms with E-state index in [1.54, 1.807) is 16.7 Å². The van der Waals surface area contributed by atoms with Crippen LogP contribution in [0, 0.1) is 13.8 Å². The number of thioether (sulfide) groups is 1. The molecule has 0 saturated carbocycles. The van der Waals surface area contributed by atoms with Crippen LogP contribution in [0.25, 0.3) is 0 Å². The van der Waals surface area contributed by atoms with Gasteiger partial charge in [0.1, 0.15) is 0 Å². The van der Waals surface area contributed by atoms with Gasteiger partial charge in [0, 0.05) is 22.8 Å². The average Bonchev–Trinajstić information content (AvgIpc) is 3.13. The van der Waals surface area contributed by atoms with Crippen LogP contribution in [0.15, 0.2) is 52.1 Å². The molecule has 0 bridgehead atoms. The van der Waals surface area contributed by atoms with Gasteiger partial charge in [0.05, 0.1) is 11.8 Å². The first-order valence-corrected chi connectivity index (χ1v) is 11.5. The van der Waals surface area contributed by atoms with Crippen molar-refractivity contribution >= 4 is 45.2 Å². The second-order valence-electron chi connectivity index (χ2n) is 7.14. The zero-order valence-corrected chi connectivity index (χ0v) is 20.2. The average molecular weight is 502 g/mol. The molecule has 3 aromatic rings. The molecule has 7 nitrogen and oxygen atoms in total. The van der Waals surface area contributed by atoms with Gasteiger partial charge in [0.15, 0.2) is 11.0 Å². The standard InChI is InChI=1S/C22H24BrN5O2S/c1-13-14(2)18(11-10-17(13)23)25-19(29)12-31-22-27-26-20(28(22)4)15(3)24-21(30)16-8-6-5-7-9-16/h5-11,15H,12H2,1-4H3,(H,24,30)(H,25,29)/t15-/m1/s1. The van der Waals surface area contributed by atoms with E-state index in [9.17, 15) is 9.59 Å². The predicted molar refractivity (Wildman–Crippen MR) is 126 cm³/mol. The van der Waals surface area contributed by atoms with Crippen molar-refractivity contribution in [1.29, 1.82) is 0 Å². The lowest BCUT2D eigenvalue weighted by Crippen LogP contribution is -2.28. The number of nitrogens with zero attached hydrogens (tertiary/aromatic N) is 3. The van der Waals surface area contributed by atoms with Crippen LogP contribution >= 0.6 is 27.7 Å². The van der Waals surface area contributed by atoms with Crippen molar-refractivity contribution in [3.05, 3.63) is 69.5 Å². The van der Waals surface area contributed by atoms with Crippen molar-refractivity contribution in [1.82, 2.24) is 20.1 Å². The molecule has 0 spiro atoms. The van der Waals surface area contributed by atoms with Crippen molar-refractivity contribution in [2.75, 3.05) is 11.1 Å². The second-order valence-corrected chi connectivity index (χ2v) is 8.94. The summed E-state index contributed by atoms with van der Waals surface area (Å²) in [6.45, 7) is 5.83. The molecule has 2 aromatic carbocycles. The summed E-state index contributed by atoms with van der Waals surface area (Å²) in [6, 6.07) is 12.5. The monoisotopic (exact) mass is 501 g/mol. The van der Waals surface area contributed by atoms with Crippen LogP contribution in [-0.4, -0.2) is 32.3 Å². The van der Waals surface area contributed by atoms with Crippen LogP contribution in [0.1, 0.15) is 40.3 Å². The lowest BCUT2D eigenvalue weighted by Gasteiger charge is -2.14. The Kier molecular flexibility index (Phi) is 7.50. The smallest absolute Gasteiger partial charge is 0.251 e. The quantitative estimate of drug-likeness (QED) is 0.467. The van der Waals surface area contributed by atoms with Crippen LogP contribution in [0.4, 0.5) is 5.69 Å². The van der Waals surface area contributed by atoms with Gasteiger partial charge >= 0.3 is 0 Å². The fraction of sp³-hybridized carbons (Fsp3) is 0.273. The molecule has 0 aliphatic carbocycles. The van der Waals surface area contributed by atoms with Gasteiger partial charge in [0.25, 0.3) is 5.91 Å². The Morgan fingerprint density at radius 2 is 1.81 bits per heavy atom. The van der Waals surface area contributed by atoms with Gasteiger partial charge in [-0.2, -0.15) is 0 Å². The molecule has 162 valence electrons. The third-order valence-corrected chi connectivity index (χ3v) is 6.85. The Bertz CT molecular complexity index is 1100. The highest BCUT2D eigenvalue weighted by molar-refractivity contribution is 9.10. The molecular weight excluding hydrogens is 478 g/mol. The van der Waals surface area contributed by atoms with Crippen LogP contribution in [0.3, 0.4) is 0 Å². The number of halogens is 1. The number of amides is 2. The van der Waals surface area contributed by atoms with E-state index in [0.717, 1.165) is 21.3 Å². The Labute approximate surface area is 194 Å². The Morgan fingerprint density at radius 1 is 1.10 bits per heavy atom. The summed E-state index contributed by atoms with van der Waals surface area (Å²) in [7, 11) is 1.82. The number of anilines is 1. The van der Waals surface area contributed by atoms with Crippen LogP contribution in [0.5, 0.6) is 0 Å². The molecule has 0 radical (unpaired) electrons. The van der Waals surface area contributed by atoms with E-state index in [4.69, 9.17) is 0 Å². The Morgan fingerprint density at radius 3 is 2.52 bits per heavy atom. The minimum absolute atomic E-state index is 0.121. The molecule has 9 heteroatoms. The first kappa shape index (κ1) is 23.0. The Balaban J connectivity index is 1.59. The topological polar surface area (TPSA) is 88.9 Å². The van der Waals surface area contributed by atoms with Crippen molar-refractivity contribution in [2.45, 2.75) is 32.0 Å². The van der Waals surface area contributed by atoms with E-state index in [2.05, 4.69) is 36.8 Å². The summed E-state index contributed by atoms with van der Waals surface area (Å²) >= 11 is 4.79. The Hall–Kier alpha value is -2.65. The number of benzene rings is 2. The minimum Gasteiger partial charge on any atom is -0.342 e. The lowest BCUT2D eigenvalue weighted by atomic mass is 10.1. The van der Waals surface area contributed by atoms with E-state index in [-0.39, 0.29) is 23.6 Å². The molecule has 2 amide bonds. The van der Waals surface area contributed by atoms with Gasteiger partial charge in [-0.05, 0) is 56.2 Å². The molecule has 0 saturated heterocycles. The van der Waals surface area contributed by atoms with Gasteiger partial charge in [0.2, 0.25) is 5.91 Å². The van der Waals surface area contributed by atoms with Gasteiger partial charge < -0.3 is 15.2 Å². The summed E-state index contributed by atoms with van der Waals surface area (Å²) in [6.07, 6.45) is 0. The summed E-state index contributed by atoms with van der Waals surface area (Å²) in [4.78, 5) is 24.8. The molecule has 3 rings (SSSR count). The molecule has 0 fully saturated rings. The second kappa shape index (κ2) is 10.1. The van der Waals surface area contributed by atoms with E-state index in [0.29, 0.717) is 16.5 Å². The molecule has 31 heavy (non-hydrogen) atoms. The van der Waals surface area contributed by atoms with E-state index in [1.807, 2.05) is 58.2 Å². The van der Waals surface area contributed by atoms with Crippen molar-refractivity contribution in [3.63, 3.8) is 0 Å². The minimum atomic E-state index is -0.332. The third-order valence-electron chi connectivity index (χ3n) is 4.97. The molecule has 0 aliphatic heterocycles. The fourth-order valence-electron chi connectivity index (χ4n) is 3.00. The highest BCUT2D eigenvalue weighted by atomic mass is 79.9. The van der Waals surface area contributed by atoms with Crippen molar-refractivity contribution < 1.29 is 9.59 Å². The first-order chi connectivity index (χ1) is 14.8. The number of carbonyl (C=O) groups excluding carboxylic acids is 2. The number of carbonyl (C=O) groups is 2. The summed E-state index contributed by atoms with van der Waals surface area (Å²) in [5.74, 6) is 0.520. The maximum atomic E-state index is 12.4. The maximum absolute atomic E-state index is 12.4. The molecule has 1 atom stereocenters. The van der Waals surface area contributed by atoms with E-state index >= 15 is 0 Å². The number of aromatic nitrogens is 3. The molecule has 0 aliphatic rings. The molecule has 1 heterocycles. The highest BCUT2D eigenvalue weighted by Crippen LogP contribution is 2.26. The van der Waals surface area contributed by atoms with E-state index in [1.165, 1.54) is 11.8 Å². The van der Waals surface area contributed by atoms with Crippen molar-refractivity contribution in [3.8, 4) is 0 Å². The zero-order chi connectivity index (χ0) is 22.5. The summed E-state index contributed by atoms with van der Waals surface area (Å²) in [5, 5.41) is 14.9. The SMILES string of the molecule is Cc1c(Br)ccc(NC(=O)CSc2nnc([C@@H](C)NC(=O)c3ccccc3)n2C)c1C. The first-order valence-electron chi connectivity index (χ1n) is 9.71. The number of rotatable bonds is 7. The zero-order valence-electron chi connectivity index (χ0n) is 17.8. The molecule has 0 unspecified atom stereocenters. The molecule has 2 N–H and O–H groups in total. The van der Waals surface area contributed by atoms with Gasteiger partial charge in [-0.15, -0.1) is 10.2 Å². The summed E-state index contributed by atoms with van der Waals surface area (Å²) in [5.41, 5.74) is 3.50. The van der Waals surface area contributed by atoms with Crippen LogP contribution < -0.4 is 10.6 Å². The van der Waals surface area contributed by atoms with Gasteiger partial charge in [-0.25, -0.2) is 0 Å². The normalized spacial score (nSPS) is 11.8. The third kappa shape index (κ3) is 5.54. The fourth-order valence-corrected chi connectivity index (χ4v) is 4.15. The maximum Gasteiger partial charge on any atom is 0.251 e. The molecular formula is C22H24BrN5O2S. The van der Waals surface area contributed by atoms with Crippen LogP contribution in [0.2, 0.25) is 0 Å². The number of hydrogen-bond acceptors (Lipinski definition) is 5. The lowest BCUT2D eigenvalue weighted by molar-refractivity contribution is -0.113. The summed E-state index contributed by atoms with van der Waals surface area (Å²) < 4.78 is 2.81. The van der Waals surface area contributed by atoms with Gasteiger partial charge in [-0.3, -0.25) is 9.59 Å². The highest BCUT2D eigenvalue weighted by Gasteiger charge is 2.19. The van der Waals surface area contributed by atoms with E-state index < -0.39 is 0 Å². The number of nitrogens with one attached hydrogen (secondary N) is 2. The van der Waals surface area contributed by atoms with Crippen molar-refractivity contribution in [2.24, 2.45) is 7.05 Å². The number of hydrogen-bond donors (Lipinski definition) is 2. The van der Waals surface area contributed by atoms with Crippen LogP contribution in [-0.2, 0) is 11.8 Å². The largest absolute Gasteiger partial charge is 0.342 e. The predicted octanol–water partition coefficient (Wildman–Crippen LogP) is 4.42. The molecule has 1 aromatic heterocycles. The van der Waals surface area contributed by atoms with Gasteiger partial charge in [-0.1, -0.05) is 45.9 Å².